The summed E-state index contributed by atoms with van der Waals surface area (Å²) < 4.78 is 0. The Kier molecular flexibility index (Phi) is 4.48. The third-order valence-electron chi connectivity index (χ3n) is 2.78. The van der Waals surface area contributed by atoms with Gasteiger partial charge in [0.25, 0.3) is 0 Å². The van der Waals surface area contributed by atoms with Crippen molar-refractivity contribution in [3.8, 4) is 0 Å². The van der Waals surface area contributed by atoms with Crippen molar-refractivity contribution < 1.29 is 0 Å². The second kappa shape index (κ2) is 6.10. The average Bonchev–Trinajstić information content (AvgIpc) is 2.30. The van der Waals surface area contributed by atoms with Gasteiger partial charge in [0.05, 0.1) is 0 Å². The minimum Gasteiger partial charge on any atom is -0.384 e. The van der Waals surface area contributed by atoms with E-state index in [1.54, 1.807) is 0 Å². The van der Waals surface area contributed by atoms with Crippen molar-refractivity contribution in [3.05, 3.63) is 11.9 Å². The van der Waals surface area contributed by atoms with Gasteiger partial charge >= 0.3 is 0 Å². The molecular formula is C12H20N4S. The number of rotatable bonds is 4. The molecule has 0 bridgehead atoms. The average molecular weight is 252 g/mol. The number of aryl methyl sites for hydroxylation is 1. The van der Waals surface area contributed by atoms with Crippen LogP contribution < -0.4 is 11.1 Å². The summed E-state index contributed by atoms with van der Waals surface area (Å²) in [5.41, 5.74) is 5.80. The molecule has 0 aliphatic carbocycles. The predicted molar refractivity (Wildman–Crippen MR) is 74.4 cm³/mol. The fourth-order valence-electron chi connectivity index (χ4n) is 1.99. The van der Waals surface area contributed by atoms with E-state index < -0.39 is 0 Å². The van der Waals surface area contributed by atoms with Crippen molar-refractivity contribution >= 4 is 23.4 Å². The van der Waals surface area contributed by atoms with E-state index >= 15 is 0 Å². The first kappa shape index (κ1) is 12.5. The maximum atomic E-state index is 5.80. The Morgan fingerprint density at radius 3 is 3.12 bits per heavy atom. The van der Waals surface area contributed by atoms with Crippen LogP contribution in [0.25, 0.3) is 0 Å². The number of nitrogens with zero attached hydrogens (tertiary/aromatic N) is 2. The molecule has 3 N–H and O–H groups in total. The van der Waals surface area contributed by atoms with Crippen molar-refractivity contribution in [1.29, 1.82) is 0 Å². The van der Waals surface area contributed by atoms with Crippen LogP contribution in [0.2, 0.25) is 0 Å². The van der Waals surface area contributed by atoms with Crippen LogP contribution in [0.15, 0.2) is 6.07 Å². The summed E-state index contributed by atoms with van der Waals surface area (Å²) in [5.74, 6) is 4.74. The summed E-state index contributed by atoms with van der Waals surface area (Å²) in [6.07, 6.45) is 4.44. The van der Waals surface area contributed by atoms with E-state index in [4.69, 9.17) is 5.73 Å². The van der Waals surface area contributed by atoms with Crippen molar-refractivity contribution in [2.75, 3.05) is 22.6 Å². The van der Waals surface area contributed by atoms with Gasteiger partial charge in [0.2, 0.25) is 0 Å². The monoisotopic (exact) mass is 252 g/mol. The minimum absolute atomic E-state index is 0.525. The topological polar surface area (TPSA) is 63.8 Å². The van der Waals surface area contributed by atoms with Crippen LogP contribution in [-0.4, -0.2) is 27.5 Å². The zero-order valence-electron chi connectivity index (χ0n) is 10.3. The zero-order chi connectivity index (χ0) is 12.1. The van der Waals surface area contributed by atoms with E-state index in [-0.39, 0.29) is 0 Å². The molecule has 4 nitrogen and oxygen atoms in total. The highest BCUT2D eigenvalue weighted by atomic mass is 32.2. The summed E-state index contributed by atoms with van der Waals surface area (Å²) in [7, 11) is 0. The summed E-state index contributed by atoms with van der Waals surface area (Å²) in [6.45, 7) is 2.12. The van der Waals surface area contributed by atoms with Gasteiger partial charge in [-0.05, 0) is 25.0 Å². The maximum absolute atomic E-state index is 5.80. The summed E-state index contributed by atoms with van der Waals surface area (Å²) >= 11 is 2.00. The van der Waals surface area contributed by atoms with Crippen LogP contribution in [0.5, 0.6) is 0 Å². The van der Waals surface area contributed by atoms with E-state index in [0.717, 1.165) is 30.2 Å². The van der Waals surface area contributed by atoms with Crippen LogP contribution >= 0.6 is 11.8 Å². The van der Waals surface area contributed by atoms with E-state index in [1.165, 1.54) is 18.6 Å². The standard InChI is InChI=1S/C12H20N4S/c1-2-4-11-15-10(13)7-12(16-11)14-9-5-3-6-17-8-9/h7,9H,2-6,8H2,1H3,(H3,13,14,15,16). The Balaban J connectivity index is 2.03. The van der Waals surface area contributed by atoms with Crippen LogP contribution in [0.4, 0.5) is 11.6 Å². The Labute approximate surface area is 107 Å². The van der Waals surface area contributed by atoms with Crippen LogP contribution in [0.1, 0.15) is 32.0 Å². The second-order valence-electron chi connectivity index (χ2n) is 4.40. The van der Waals surface area contributed by atoms with Crippen LogP contribution in [-0.2, 0) is 6.42 Å². The molecule has 1 fully saturated rings. The predicted octanol–water partition coefficient (Wildman–Crippen LogP) is 2.32. The Bertz CT molecular complexity index is 364. The molecule has 2 rings (SSSR count). The number of aromatic nitrogens is 2. The first-order chi connectivity index (χ1) is 8.28. The quantitative estimate of drug-likeness (QED) is 0.861. The Morgan fingerprint density at radius 1 is 1.53 bits per heavy atom. The summed E-state index contributed by atoms with van der Waals surface area (Å²) in [4.78, 5) is 8.74. The van der Waals surface area contributed by atoms with Crippen molar-refractivity contribution in [1.82, 2.24) is 9.97 Å². The molecule has 1 atom stereocenters. The summed E-state index contributed by atoms with van der Waals surface area (Å²) in [6, 6.07) is 2.36. The summed E-state index contributed by atoms with van der Waals surface area (Å²) in [5, 5.41) is 3.47. The van der Waals surface area contributed by atoms with Gasteiger partial charge in [-0.15, -0.1) is 0 Å². The molecule has 2 heterocycles. The van der Waals surface area contributed by atoms with E-state index in [0.29, 0.717) is 11.9 Å². The third kappa shape index (κ3) is 3.77. The molecule has 0 amide bonds. The van der Waals surface area contributed by atoms with Gasteiger partial charge < -0.3 is 11.1 Å². The van der Waals surface area contributed by atoms with Gasteiger partial charge in [0.1, 0.15) is 17.5 Å². The van der Waals surface area contributed by atoms with Crippen molar-refractivity contribution in [2.45, 2.75) is 38.6 Å². The smallest absolute Gasteiger partial charge is 0.133 e. The Morgan fingerprint density at radius 2 is 2.41 bits per heavy atom. The number of nitrogens with two attached hydrogens (primary N) is 1. The maximum Gasteiger partial charge on any atom is 0.133 e. The lowest BCUT2D eigenvalue weighted by Crippen LogP contribution is -2.26. The van der Waals surface area contributed by atoms with Crippen LogP contribution in [0, 0.1) is 0 Å². The molecule has 0 aromatic carbocycles. The van der Waals surface area contributed by atoms with Gasteiger partial charge in [-0.25, -0.2) is 9.97 Å². The van der Waals surface area contributed by atoms with Gasteiger partial charge in [-0.2, -0.15) is 11.8 Å². The first-order valence-electron chi connectivity index (χ1n) is 6.25. The fraction of sp³-hybridized carbons (Fsp3) is 0.667. The van der Waals surface area contributed by atoms with Gasteiger partial charge in [-0.1, -0.05) is 6.92 Å². The molecule has 0 saturated carbocycles. The molecule has 1 aromatic heterocycles. The lowest BCUT2D eigenvalue weighted by atomic mass is 10.2. The van der Waals surface area contributed by atoms with Gasteiger partial charge in [-0.3, -0.25) is 0 Å². The highest BCUT2D eigenvalue weighted by Gasteiger charge is 2.14. The molecule has 0 radical (unpaired) electrons. The number of nitrogen functional groups attached to an aromatic ring is 1. The molecular weight excluding hydrogens is 232 g/mol. The van der Waals surface area contributed by atoms with Crippen LogP contribution in [0.3, 0.4) is 0 Å². The SMILES string of the molecule is CCCc1nc(N)cc(NC2CCCSC2)n1. The largest absolute Gasteiger partial charge is 0.384 e. The molecule has 5 heteroatoms. The fourth-order valence-corrected chi connectivity index (χ4v) is 3.06. The highest BCUT2D eigenvalue weighted by molar-refractivity contribution is 7.99. The molecule has 1 saturated heterocycles. The molecule has 1 aliphatic rings. The molecule has 1 aromatic rings. The molecule has 0 spiro atoms. The number of hydrogen-bond donors (Lipinski definition) is 2. The van der Waals surface area contributed by atoms with Crippen molar-refractivity contribution in [2.24, 2.45) is 0 Å². The van der Waals surface area contributed by atoms with Crippen molar-refractivity contribution in [3.63, 3.8) is 0 Å². The van der Waals surface area contributed by atoms with E-state index in [2.05, 4.69) is 22.2 Å². The molecule has 94 valence electrons. The zero-order valence-corrected chi connectivity index (χ0v) is 11.1. The number of thioether (sulfide) groups is 1. The minimum atomic E-state index is 0.525. The molecule has 1 unspecified atom stereocenters. The number of nitrogens with one attached hydrogen (secondary N) is 1. The highest BCUT2D eigenvalue weighted by Crippen LogP contribution is 2.20. The number of hydrogen-bond acceptors (Lipinski definition) is 5. The third-order valence-corrected chi connectivity index (χ3v) is 3.99. The molecule has 1 aliphatic heterocycles. The normalized spacial score (nSPS) is 20.2. The first-order valence-corrected chi connectivity index (χ1v) is 7.41. The van der Waals surface area contributed by atoms with Gasteiger partial charge in [0, 0.05) is 24.3 Å². The second-order valence-corrected chi connectivity index (χ2v) is 5.55. The lowest BCUT2D eigenvalue weighted by molar-refractivity contribution is 0.680. The molecule has 17 heavy (non-hydrogen) atoms. The van der Waals surface area contributed by atoms with E-state index in [9.17, 15) is 0 Å². The Hall–Kier alpha value is -0.970. The van der Waals surface area contributed by atoms with E-state index in [1.807, 2.05) is 17.8 Å². The lowest BCUT2D eigenvalue weighted by Gasteiger charge is -2.23. The van der Waals surface area contributed by atoms with Gasteiger partial charge in [0.15, 0.2) is 0 Å². The number of anilines is 2.